The van der Waals surface area contributed by atoms with Gasteiger partial charge in [0.15, 0.2) is 11.6 Å². The van der Waals surface area contributed by atoms with Crippen LogP contribution in [0.3, 0.4) is 0 Å². The van der Waals surface area contributed by atoms with E-state index in [9.17, 15) is 18.3 Å². The van der Waals surface area contributed by atoms with Gasteiger partial charge in [0.05, 0.1) is 5.52 Å². The molecule has 106 valence electrons. The van der Waals surface area contributed by atoms with Crippen LogP contribution in [0.25, 0.3) is 10.9 Å². The molecule has 2 nitrogen and oxygen atoms in total. The molecule has 0 amide bonds. The van der Waals surface area contributed by atoms with E-state index in [0.717, 1.165) is 10.9 Å². The SMILES string of the molecule is OC(c1ccc2ncccc2c1)c1cc(F)c(F)cc1F. The molecule has 3 rings (SSSR count). The van der Waals surface area contributed by atoms with Gasteiger partial charge < -0.3 is 5.11 Å². The third kappa shape index (κ3) is 2.48. The molecular formula is C16H10F3NO. The quantitative estimate of drug-likeness (QED) is 0.729. The van der Waals surface area contributed by atoms with Crippen molar-refractivity contribution in [1.29, 1.82) is 0 Å². The fraction of sp³-hybridized carbons (Fsp3) is 0.0625. The summed E-state index contributed by atoms with van der Waals surface area (Å²) in [5.74, 6) is -3.48. The molecule has 0 fully saturated rings. The number of hydrogen-bond donors (Lipinski definition) is 1. The van der Waals surface area contributed by atoms with E-state index in [-0.39, 0.29) is 5.56 Å². The van der Waals surface area contributed by atoms with Crippen molar-refractivity contribution in [1.82, 2.24) is 4.98 Å². The van der Waals surface area contributed by atoms with E-state index in [2.05, 4.69) is 4.98 Å². The third-order valence-electron chi connectivity index (χ3n) is 3.28. The van der Waals surface area contributed by atoms with Crippen molar-refractivity contribution in [2.45, 2.75) is 6.10 Å². The van der Waals surface area contributed by atoms with Gasteiger partial charge in [-0.3, -0.25) is 4.98 Å². The van der Waals surface area contributed by atoms with E-state index in [1.807, 2.05) is 0 Å². The molecule has 1 N–H and O–H groups in total. The Labute approximate surface area is 118 Å². The van der Waals surface area contributed by atoms with Crippen molar-refractivity contribution in [3.63, 3.8) is 0 Å². The number of halogens is 3. The highest BCUT2D eigenvalue weighted by Gasteiger charge is 2.18. The van der Waals surface area contributed by atoms with Gasteiger partial charge in [-0.05, 0) is 29.8 Å². The fourth-order valence-electron chi connectivity index (χ4n) is 2.19. The van der Waals surface area contributed by atoms with Crippen molar-refractivity contribution >= 4 is 10.9 Å². The van der Waals surface area contributed by atoms with Gasteiger partial charge >= 0.3 is 0 Å². The van der Waals surface area contributed by atoms with Gasteiger partial charge in [0.25, 0.3) is 0 Å². The first-order chi connectivity index (χ1) is 10.1. The number of hydrogen-bond acceptors (Lipinski definition) is 2. The van der Waals surface area contributed by atoms with E-state index < -0.39 is 23.6 Å². The number of nitrogens with zero attached hydrogens (tertiary/aromatic N) is 1. The molecule has 0 radical (unpaired) electrons. The first-order valence-corrected chi connectivity index (χ1v) is 6.23. The average Bonchev–Trinajstić information content (AvgIpc) is 2.50. The van der Waals surface area contributed by atoms with Gasteiger partial charge in [0.1, 0.15) is 11.9 Å². The van der Waals surface area contributed by atoms with Gasteiger partial charge in [-0.25, -0.2) is 13.2 Å². The summed E-state index contributed by atoms with van der Waals surface area (Å²) in [5.41, 5.74) is 0.789. The highest BCUT2D eigenvalue weighted by atomic mass is 19.2. The highest BCUT2D eigenvalue weighted by Crippen LogP contribution is 2.28. The normalized spacial score (nSPS) is 12.6. The molecule has 1 aromatic heterocycles. The Morgan fingerprint density at radius 1 is 0.905 bits per heavy atom. The van der Waals surface area contributed by atoms with Gasteiger partial charge in [0.2, 0.25) is 0 Å². The molecule has 1 heterocycles. The Morgan fingerprint density at radius 2 is 1.67 bits per heavy atom. The highest BCUT2D eigenvalue weighted by molar-refractivity contribution is 5.79. The van der Waals surface area contributed by atoms with E-state index in [0.29, 0.717) is 17.7 Å². The van der Waals surface area contributed by atoms with Gasteiger partial charge in [-0.15, -0.1) is 0 Å². The number of aliphatic hydroxyl groups excluding tert-OH is 1. The zero-order chi connectivity index (χ0) is 15.0. The lowest BCUT2D eigenvalue weighted by Crippen LogP contribution is -2.04. The van der Waals surface area contributed by atoms with Crippen LogP contribution in [0.1, 0.15) is 17.2 Å². The molecule has 0 bridgehead atoms. The molecule has 1 unspecified atom stereocenters. The Bertz CT molecular complexity index is 820. The summed E-state index contributed by atoms with van der Waals surface area (Å²) in [5, 5.41) is 11.0. The predicted molar refractivity (Wildman–Crippen MR) is 72.1 cm³/mol. The van der Waals surface area contributed by atoms with Crippen molar-refractivity contribution in [2.24, 2.45) is 0 Å². The lowest BCUT2D eigenvalue weighted by Gasteiger charge is -2.13. The first kappa shape index (κ1) is 13.6. The zero-order valence-corrected chi connectivity index (χ0v) is 10.7. The topological polar surface area (TPSA) is 33.1 Å². The maximum atomic E-state index is 13.7. The molecule has 0 spiro atoms. The van der Waals surface area contributed by atoms with Crippen molar-refractivity contribution < 1.29 is 18.3 Å². The number of aromatic nitrogens is 1. The largest absolute Gasteiger partial charge is 0.384 e. The van der Waals surface area contributed by atoms with E-state index in [1.165, 1.54) is 0 Å². The second-order valence-corrected chi connectivity index (χ2v) is 4.65. The summed E-state index contributed by atoms with van der Waals surface area (Å²) < 4.78 is 39.9. The second kappa shape index (κ2) is 5.18. The minimum Gasteiger partial charge on any atom is -0.384 e. The smallest absolute Gasteiger partial charge is 0.161 e. The van der Waals surface area contributed by atoms with Gasteiger partial charge in [-0.2, -0.15) is 0 Å². The van der Waals surface area contributed by atoms with E-state index in [4.69, 9.17) is 0 Å². The molecule has 2 aromatic carbocycles. The van der Waals surface area contributed by atoms with Crippen molar-refractivity contribution in [3.8, 4) is 0 Å². The number of rotatable bonds is 2. The van der Waals surface area contributed by atoms with Crippen LogP contribution in [-0.2, 0) is 0 Å². The minimum atomic E-state index is -1.38. The van der Waals surface area contributed by atoms with Crippen LogP contribution in [0.5, 0.6) is 0 Å². The molecule has 21 heavy (non-hydrogen) atoms. The summed E-state index contributed by atoms with van der Waals surface area (Å²) in [6.07, 6.45) is 0.248. The van der Waals surface area contributed by atoms with Crippen LogP contribution in [-0.4, -0.2) is 10.1 Å². The maximum Gasteiger partial charge on any atom is 0.161 e. The Balaban J connectivity index is 2.07. The van der Waals surface area contributed by atoms with Crippen LogP contribution in [0, 0.1) is 17.5 Å². The summed E-state index contributed by atoms with van der Waals surface area (Å²) in [4.78, 5) is 4.13. The standard InChI is InChI=1S/C16H10F3NO/c17-12-8-14(19)13(18)7-11(12)16(21)10-3-4-15-9(6-10)2-1-5-20-15/h1-8,16,21H. The predicted octanol–water partition coefficient (Wildman–Crippen LogP) is 3.73. The van der Waals surface area contributed by atoms with Crippen molar-refractivity contribution in [3.05, 3.63) is 77.2 Å². The maximum absolute atomic E-state index is 13.7. The Hall–Kier alpha value is -2.40. The first-order valence-electron chi connectivity index (χ1n) is 6.23. The molecule has 0 saturated carbocycles. The summed E-state index contributed by atoms with van der Waals surface area (Å²) in [6.45, 7) is 0. The second-order valence-electron chi connectivity index (χ2n) is 4.65. The van der Waals surface area contributed by atoms with Crippen LogP contribution in [0.4, 0.5) is 13.2 Å². The van der Waals surface area contributed by atoms with Crippen LogP contribution >= 0.6 is 0 Å². The fourth-order valence-corrected chi connectivity index (χ4v) is 2.19. The van der Waals surface area contributed by atoms with Crippen LogP contribution < -0.4 is 0 Å². The van der Waals surface area contributed by atoms with Gasteiger partial charge in [-0.1, -0.05) is 12.1 Å². The molecule has 3 aromatic rings. The number of aliphatic hydroxyl groups is 1. The lowest BCUT2D eigenvalue weighted by atomic mass is 9.99. The molecule has 1 atom stereocenters. The van der Waals surface area contributed by atoms with E-state index >= 15 is 0 Å². The molecule has 5 heteroatoms. The molecular weight excluding hydrogens is 279 g/mol. The van der Waals surface area contributed by atoms with E-state index in [1.54, 1.807) is 36.5 Å². The summed E-state index contributed by atoms with van der Waals surface area (Å²) in [6, 6.07) is 9.50. The molecule has 0 saturated heterocycles. The van der Waals surface area contributed by atoms with Crippen molar-refractivity contribution in [2.75, 3.05) is 0 Å². The molecule has 0 aliphatic heterocycles. The zero-order valence-electron chi connectivity index (χ0n) is 10.7. The molecule has 0 aliphatic rings. The minimum absolute atomic E-state index is 0.308. The third-order valence-corrected chi connectivity index (χ3v) is 3.28. The summed E-state index contributed by atoms with van der Waals surface area (Å²) >= 11 is 0. The van der Waals surface area contributed by atoms with Crippen LogP contribution in [0.15, 0.2) is 48.7 Å². The summed E-state index contributed by atoms with van der Waals surface area (Å²) in [7, 11) is 0. The average molecular weight is 289 g/mol. The Morgan fingerprint density at radius 3 is 2.48 bits per heavy atom. The number of benzene rings is 2. The monoisotopic (exact) mass is 289 g/mol. The molecule has 0 aliphatic carbocycles. The number of pyridine rings is 1. The Kier molecular flexibility index (Phi) is 3.35. The lowest BCUT2D eigenvalue weighted by molar-refractivity contribution is 0.214. The van der Waals surface area contributed by atoms with Crippen LogP contribution in [0.2, 0.25) is 0 Å². The number of fused-ring (bicyclic) bond motifs is 1. The van der Waals surface area contributed by atoms with Gasteiger partial charge in [0, 0.05) is 23.2 Å².